The van der Waals surface area contributed by atoms with Gasteiger partial charge in [-0.25, -0.2) is 0 Å². The van der Waals surface area contributed by atoms with Crippen LogP contribution in [0, 0.1) is 0 Å². The first-order valence-corrected chi connectivity index (χ1v) is 6.81. The molecular formula is C14H21N3O3. The van der Waals surface area contributed by atoms with Gasteiger partial charge in [0, 0.05) is 25.3 Å². The highest BCUT2D eigenvalue weighted by Gasteiger charge is 2.27. The van der Waals surface area contributed by atoms with Crippen molar-refractivity contribution in [2.24, 2.45) is 0 Å². The Morgan fingerprint density at radius 2 is 2.20 bits per heavy atom. The molecule has 6 nitrogen and oxygen atoms in total. The third kappa shape index (κ3) is 3.19. The normalized spacial score (nSPS) is 19.4. The Morgan fingerprint density at radius 3 is 2.85 bits per heavy atom. The van der Waals surface area contributed by atoms with Crippen LogP contribution in [0.5, 0.6) is 0 Å². The monoisotopic (exact) mass is 279 g/mol. The fraction of sp³-hybridized carbons (Fsp3) is 0.571. The number of carboxylic acid groups (broad SMARTS) is 1. The molecule has 2 rings (SSSR count). The van der Waals surface area contributed by atoms with Crippen LogP contribution in [0.15, 0.2) is 18.3 Å². The molecule has 2 heterocycles. The maximum absolute atomic E-state index is 12.5. The van der Waals surface area contributed by atoms with Gasteiger partial charge in [0.05, 0.1) is 0 Å². The predicted octanol–water partition coefficient (Wildman–Crippen LogP) is 0.739. The number of hydrogen-bond donors (Lipinski definition) is 1. The van der Waals surface area contributed by atoms with Crippen LogP contribution in [0.3, 0.4) is 0 Å². The van der Waals surface area contributed by atoms with Crippen LogP contribution < -0.4 is 0 Å². The van der Waals surface area contributed by atoms with Crippen LogP contribution >= 0.6 is 0 Å². The summed E-state index contributed by atoms with van der Waals surface area (Å²) in [5.74, 6) is -1.03. The van der Waals surface area contributed by atoms with Gasteiger partial charge in [-0.15, -0.1) is 0 Å². The molecule has 0 saturated carbocycles. The summed E-state index contributed by atoms with van der Waals surface area (Å²) in [6.07, 6.45) is 3.70. The summed E-state index contributed by atoms with van der Waals surface area (Å²) in [5.41, 5.74) is 0.451. The van der Waals surface area contributed by atoms with Crippen LogP contribution in [0.1, 0.15) is 23.3 Å². The lowest BCUT2D eigenvalue weighted by atomic mass is 10.0. The second-order valence-electron chi connectivity index (χ2n) is 5.43. The molecule has 1 atom stereocenters. The fourth-order valence-corrected chi connectivity index (χ4v) is 2.61. The van der Waals surface area contributed by atoms with Crippen molar-refractivity contribution < 1.29 is 14.7 Å². The maximum atomic E-state index is 12.5. The molecule has 1 saturated heterocycles. The lowest BCUT2D eigenvalue weighted by Crippen LogP contribution is -2.47. The molecule has 0 bridgehead atoms. The van der Waals surface area contributed by atoms with Crippen molar-refractivity contribution in [1.29, 1.82) is 0 Å². The topological polar surface area (TPSA) is 65.8 Å². The number of amides is 1. The van der Waals surface area contributed by atoms with Gasteiger partial charge < -0.3 is 19.5 Å². The SMILES string of the molecule is CN(C)C1CCCN(C(=O)c2cccn2CC(=O)O)C1. The molecule has 20 heavy (non-hydrogen) atoms. The number of carbonyl (C=O) groups is 2. The number of carboxylic acids is 1. The highest BCUT2D eigenvalue weighted by molar-refractivity contribution is 5.93. The Labute approximate surface area is 118 Å². The maximum Gasteiger partial charge on any atom is 0.323 e. The number of nitrogens with zero attached hydrogens (tertiary/aromatic N) is 3. The van der Waals surface area contributed by atoms with E-state index in [4.69, 9.17) is 5.11 Å². The summed E-state index contributed by atoms with van der Waals surface area (Å²) in [4.78, 5) is 27.3. The van der Waals surface area contributed by atoms with Crippen molar-refractivity contribution >= 4 is 11.9 Å². The van der Waals surface area contributed by atoms with Gasteiger partial charge >= 0.3 is 5.97 Å². The van der Waals surface area contributed by atoms with E-state index in [2.05, 4.69) is 4.90 Å². The van der Waals surface area contributed by atoms with E-state index >= 15 is 0 Å². The second kappa shape index (κ2) is 6.09. The Morgan fingerprint density at radius 1 is 1.45 bits per heavy atom. The molecule has 1 amide bonds. The Hall–Kier alpha value is -1.82. The van der Waals surface area contributed by atoms with Crippen molar-refractivity contribution in [1.82, 2.24) is 14.4 Å². The molecule has 1 N–H and O–H groups in total. The lowest BCUT2D eigenvalue weighted by Gasteiger charge is -2.36. The number of hydrogen-bond acceptors (Lipinski definition) is 3. The van der Waals surface area contributed by atoms with Crippen LogP contribution in [-0.2, 0) is 11.3 Å². The molecule has 1 aromatic rings. The molecule has 0 spiro atoms. The summed E-state index contributed by atoms with van der Waals surface area (Å²) in [6, 6.07) is 3.77. The molecule has 0 aliphatic carbocycles. The van der Waals surface area contributed by atoms with Crippen molar-refractivity contribution in [3.8, 4) is 0 Å². The average molecular weight is 279 g/mol. The zero-order valence-corrected chi connectivity index (χ0v) is 12.0. The fourth-order valence-electron chi connectivity index (χ4n) is 2.61. The third-order valence-electron chi connectivity index (χ3n) is 3.77. The first kappa shape index (κ1) is 14.6. The van der Waals surface area contributed by atoms with Crippen molar-refractivity contribution in [2.75, 3.05) is 27.2 Å². The van der Waals surface area contributed by atoms with Crippen LogP contribution in [0.4, 0.5) is 0 Å². The Bertz CT molecular complexity index is 496. The van der Waals surface area contributed by atoms with Gasteiger partial charge in [-0.05, 0) is 39.1 Å². The molecule has 110 valence electrons. The summed E-state index contributed by atoms with van der Waals surface area (Å²) in [6.45, 7) is 1.25. The first-order chi connectivity index (χ1) is 9.49. The van der Waals surface area contributed by atoms with Crippen LogP contribution in [0.2, 0.25) is 0 Å². The van der Waals surface area contributed by atoms with E-state index in [1.807, 2.05) is 19.0 Å². The molecule has 1 aromatic heterocycles. The van der Waals surface area contributed by atoms with Crippen molar-refractivity contribution in [3.63, 3.8) is 0 Å². The number of rotatable bonds is 4. The van der Waals surface area contributed by atoms with Crippen LogP contribution in [0.25, 0.3) is 0 Å². The molecule has 1 aliphatic heterocycles. The quantitative estimate of drug-likeness (QED) is 0.883. The van der Waals surface area contributed by atoms with Gasteiger partial charge in [-0.3, -0.25) is 9.59 Å². The minimum absolute atomic E-state index is 0.0807. The highest BCUT2D eigenvalue weighted by Crippen LogP contribution is 2.17. The van der Waals surface area contributed by atoms with E-state index in [0.717, 1.165) is 19.4 Å². The van der Waals surface area contributed by atoms with Gasteiger partial charge in [0.15, 0.2) is 0 Å². The number of carbonyl (C=O) groups excluding carboxylic acids is 1. The number of likely N-dealkylation sites (N-methyl/N-ethyl adjacent to an activating group) is 1. The molecule has 1 unspecified atom stereocenters. The summed E-state index contributed by atoms with van der Waals surface area (Å²) >= 11 is 0. The predicted molar refractivity (Wildman–Crippen MR) is 74.7 cm³/mol. The van der Waals surface area contributed by atoms with E-state index in [9.17, 15) is 9.59 Å². The number of aliphatic carboxylic acids is 1. The largest absolute Gasteiger partial charge is 0.480 e. The van der Waals surface area contributed by atoms with Gasteiger partial charge in [0.2, 0.25) is 0 Å². The molecule has 0 radical (unpaired) electrons. The number of aromatic nitrogens is 1. The summed E-state index contributed by atoms with van der Waals surface area (Å²) in [7, 11) is 4.04. The first-order valence-electron chi connectivity index (χ1n) is 6.81. The van der Waals surface area contributed by atoms with Crippen molar-refractivity contribution in [3.05, 3.63) is 24.0 Å². The zero-order chi connectivity index (χ0) is 14.7. The minimum Gasteiger partial charge on any atom is -0.480 e. The zero-order valence-electron chi connectivity index (χ0n) is 12.0. The van der Waals surface area contributed by atoms with Gasteiger partial charge in [0.25, 0.3) is 5.91 Å². The van der Waals surface area contributed by atoms with E-state index in [0.29, 0.717) is 18.3 Å². The summed E-state index contributed by atoms with van der Waals surface area (Å²) in [5, 5.41) is 8.86. The average Bonchev–Trinajstić information content (AvgIpc) is 2.85. The molecule has 1 fully saturated rings. The molecule has 6 heteroatoms. The van der Waals surface area contributed by atoms with Crippen molar-refractivity contribution in [2.45, 2.75) is 25.4 Å². The van der Waals surface area contributed by atoms with Gasteiger partial charge in [-0.1, -0.05) is 0 Å². The second-order valence-corrected chi connectivity index (χ2v) is 5.43. The highest BCUT2D eigenvalue weighted by atomic mass is 16.4. The Kier molecular flexibility index (Phi) is 4.44. The lowest BCUT2D eigenvalue weighted by molar-refractivity contribution is -0.137. The van der Waals surface area contributed by atoms with E-state index in [1.165, 1.54) is 4.57 Å². The Balaban J connectivity index is 2.11. The molecule has 0 aromatic carbocycles. The van der Waals surface area contributed by atoms with E-state index in [-0.39, 0.29) is 12.5 Å². The number of piperidine rings is 1. The molecule has 1 aliphatic rings. The smallest absolute Gasteiger partial charge is 0.323 e. The van der Waals surface area contributed by atoms with Gasteiger partial charge in [-0.2, -0.15) is 0 Å². The number of likely N-dealkylation sites (tertiary alicyclic amines) is 1. The molecular weight excluding hydrogens is 258 g/mol. The minimum atomic E-state index is -0.944. The standard InChI is InChI=1S/C14H21N3O3/c1-15(2)11-5-3-8-17(9-11)14(20)12-6-4-7-16(12)10-13(18)19/h4,6-7,11H,3,5,8-10H2,1-2H3,(H,18,19). The van der Waals surface area contributed by atoms with Crippen LogP contribution in [-0.4, -0.2) is 64.6 Å². The van der Waals surface area contributed by atoms with Gasteiger partial charge in [0.1, 0.15) is 12.2 Å². The van der Waals surface area contributed by atoms with E-state index < -0.39 is 5.97 Å². The van der Waals surface area contributed by atoms with E-state index in [1.54, 1.807) is 18.3 Å². The third-order valence-corrected chi connectivity index (χ3v) is 3.77. The summed E-state index contributed by atoms with van der Waals surface area (Å²) < 4.78 is 1.49.